The van der Waals surface area contributed by atoms with Crippen molar-refractivity contribution in [2.75, 3.05) is 0 Å². The largest absolute Gasteiger partial charge is 0.481 e. The summed E-state index contributed by atoms with van der Waals surface area (Å²) in [5.41, 5.74) is 0. The van der Waals surface area contributed by atoms with Crippen molar-refractivity contribution < 1.29 is 14.7 Å². The first-order chi connectivity index (χ1) is 9.52. The second-order valence-electron chi connectivity index (χ2n) is 5.37. The van der Waals surface area contributed by atoms with Gasteiger partial charge in [0.25, 0.3) is 0 Å². The number of carboxylic acid groups (broad SMARTS) is 1. The molecule has 0 aromatic carbocycles. The predicted octanol–water partition coefficient (Wildman–Crippen LogP) is 0.568. The van der Waals surface area contributed by atoms with Crippen molar-refractivity contribution in [3.8, 4) is 0 Å². The highest BCUT2D eigenvalue weighted by molar-refractivity contribution is 5.85. The molecule has 2 rings (SSSR count). The van der Waals surface area contributed by atoms with E-state index < -0.39 is 17.8 Å². The van der Waals surface area contributed by atoms with Crippen LogP contribution in [0.1, 0.15) is 32.0 Å². The highest BCUT2D eigenvalue weighted by Crippen LogP contribution is 2.38. The van der Waals surface area contributed by atoms with Gasteiger partial charge in [-0.15, -0.1) is 10.2 Å². The molecule has 0 spiro atoms. The fourth-order valence-electron chi connectivity index (χ4n) is 2.80. The Morgan fingerprint density at radius 2 is 2.15 bits per heavy atom. The van der Waals surface area contributed by atoms with Crippen LogP contribution in [0.25, 0.3) is 0 Å². The van der Waals surface area contributed by atoms with E-state index in [0.717, 1.165) is 6.42 Å². The lowest BCUT2D eigenvalue weighted by atomic mass is 9.95. The van der Waals surface area contributed by atoms with Gasteiger partial charge < -0.3 is 15.0 Å². The van der Waals surface area contributed by atoms with Crippen molar-refractivity contribution in [1.82, 2.24) is 20.1 Å². The molecule has 0 bridgehead atoms. The van der Waals surface area contributed by atoms with E-state index in [1.807, 2.05) is 6.92 Å². The zero-order valence-corrected chi connectivity index (χ0v) is 11.7. The van der Waals surface area contributed by atoms with E-state index in [1.165, 1.54) is 0 Å². The molecule has 20 heavy (non-hydrogen) atoms. The van der Waals surface area contributed by atoms with Crippen LogP contribution in [0.4, 0.5) is 0 Å². The van der Waals surface area contributed by atoms with Gasteiger partial charge >= 0.3 is 5.97 Å². The van der Waals surface area contributed by atoms with Crippen LogP contribution in [-0.2, 0) is 23.2 Å². The van der Waals surface area contributed by atoms with Gasteiger partial charge in [-0.1, -0.05) is 13.3 Å². The molecule has 7 heteroatoms. The Hall–Kier alpha value is -1.92. The van der Waals surface area contributed by atoms with Crippen molar-refractivity contribution >= 4 is 11.9 Å². The lowest BCUT2D eigenvalue weighted by Gasteiger charge is -2.15. The molecule has 1 fully saturated rings. The van der Waals surface area contributed by atoms with Gasteiger partial charge in [0.1, 0.15) is 6.33 Å². The van der Waals surface area contributed by atoms with E-state index in [4.69, 9.17) is 0 Å². The molecule has 1 unspecified atom stereocenters. The highest BCUT2D eigenvalue weighted by atomic mass is 16.4. The van der Waals surface area contributed by atoms with Gasteiger partial charge in [0.05, 0.1) is 18.4 Å². The minimum absolute atomic E-state index is 0.198. The molecular weight excluding hydrogens is 260 g/mol. The summed E-state index contributed by atoms with van der Waals surface area (Å²) < 4.78 is 1.72. The number of hydrogen-bond donors (Lipinski definition) is 2. The average molecular weight is 280 g/mol. The number of nitrogens with one attached hydrogen (secondary N) is 1. The molecule has 110 valence electrons. The molecule has 1 aromatic rings. The second-order valence-corrected chi connectivity index (χ2v) is 5.37. The number of rotatable bonds is 5. The van der Waals surface area contributed by atoms with Crippen LogP contribution in [-0.4, -0.2) is 31.7 Å². The Balaban J connectivity index is 1.97. The molecular formula is C13H20N4O3. The van der Waals surface area contributed by atoms with Crippen molar-refractivity contribution in [2.45, 2.75) is 32.7 Å². The number of nitrogens with zero attached hydrogens (tertiary/aromatic N) is 3. The second kappa shape index (κ2) is 6.02. The standard InChI is InChI=1S/C13H20N4O3/c1-3-8-4-9(10(5-8)13(19)20)12(18)14-6-11-16-15-7-17(11)2/h7-10H,3-6H2,1-2H3,(H,14,18)(H,19,20)/t8?,9-,10+/m0/s1. The summed E-state index contributed by atoms with van der Waals surface area (Å²) >= 11 is 0. The SMILES string of the molecule is CCC1C[C@H](C(=O)NCc2nncn2C)[C@H](C(=O)O)C1. The van der Waals surface area contributed by atoms with E-state index in [-0.39, 0.29) is 12.5 Å². The van der Waals surface area contributed by atoms with Crippen molar-refractivity contribution in [1.29, 1.82) is 0 Å². The predicted molar refractivity (Wildman–Crippen MR) is 70.5 cm³/mol. The fraction of sp³-hybridized carbons (Fsp3) is 0.692. The lowest BCUT2D eigenvalue weighted by molar-refractivity contribution is -0.146. The van der Waals surface area contributed by atoms with Crippen molar-refractivity contribution in [3.63, 3.8) is 0 Å². The topological polar surface area (TPSA) is 97.1 Å². The van der Waals surface area contributed by atoms with Crippen LogP contribution in [0.5, 0.6) is 0 Å². The third-order valence-corrected chi connectivity index (χ3v) is 4.12. The third-order valence-electron chi connectivity index (χ3n) is 4.12. The number of carbonyl (C=O) groups is 2. The first-order valence-corrected chi connectivity index (χ1v) is 6.86. The Labute approximate surface area is 117 Å². The Morgan fingerprint density at radius 1 is 1.45 bits per heavy atom. The number of aromatic nitrogens is 3. The van der Waals surface area contributed by atoms with E-state index in [0.29, 0.717) is 24.6 Å². The summed E-state index contributed by atoms with van der Waals surface area (Å²) in [5.74, 6) is -1.11. The molecule has 1 amide bonds. The zero-order valence-electron chi connectivity index (χ0n) is 11.7. The molecule has 1 aliphatic carbocycles. The van der Waals surface area contributed by atoms with Gasteiger partial charge in [0, 0.05) is 7.05 Å². The number of hydrogen-bond acceptors (Lipinski definition) is 4. The maximum absolute atomic E-state index is 12.2. The molecule has 1 saturated carbocycles. The summed E-state index contributed by atoms with van der Waals surface area (Å²) in [4.78, 5) is 23.5. The molecule has 1 aromatic heterocycles. The van der Waals surface area contributed by atoms with Crippen LogP contribution < -0.4 is 5.32 Å². The first-order valence-electron chi connectivity index (χ1n) is 6.86. The number of aliphatic carboxylic acids is 1. The van der Waals surface area contributed by atoms with Crippen LogP contribution >= 0.6 is 0 Å². The first kappa shape index (κ1) is 14.5. The van der Waals surface area contributed by atoms with E-state index in [9.17, 15) is 14.7 Å². The monoisotopic (exact) mass is 280 g/mol. The van der Waals surface area contributed by atoms with Gasteiger partial charge in [0.15, 0.2) is 5.82 Å². The van der Waals surface area contributed by atoms with Gasteiger partial charge in [-0.05, 0) is 18.8 Å². The maximum Gasteiger partial charge on any atom is 0.307 e. The highest BCUT2D eigenvalue weighted by Gasteiger charge is 2.41. The minimum atomic E-state index is -0.875. The zero-order chi connectivity index (χ0) is 14.7. The van der Waals surface area contributed by atoms with Crippen molar-refractivity contribution in [3.05, 3.63) is 12.2 Å². The number of aryl methyl sites for hydroxylation is 1. The average Bonchev–Trinajstić information content (AvgIpc) is 3.02. The molecule has 0 aliphatic heterocycles. The Bertz CT molecular complexity index is 500. The lowest BCUT2D eigenvalue weighted by Crippen LogP contribution is -2.35. The molecule has 0 saturated heterocycles. The summed E-state index contributed by atoms with van der Waals surface area (Å²) in [5, 5.41) is 19.6. The van der Waals surface area contributed by atoms with Crippen LogP contribution in [0.2, 0.25) is 0 Å². The van der Waals surface area contributed by atoms with E-state index in [2.05, 4.69) is 15.5 Å². The quantitative estimate of drug-likeness (QED) is 0.821. The summed E-state index contributed by atoms with van der Waals surface area (Å²) in [6.45, 7) is 2.30. The van der Waals surface area contributed by atoms with Gasteiger partial charge in [0.2, 0.25) is 5.91 Å². The molecule has 3 atom stereocenters. The van der Waals surface area contributed by atoms with Crippen LogP contribution in [0.15, 0.2) is 6.33 Å². The fourth-order valence-corrected chi connectivity index (χ4v) is 2.80. The van der Waals surface area contributed by atoms with Gasteiger partial charge in [-0.25, -0.2) is 0 Å². The van der Waals surface area contributed by atoms with Crippen molar-refractivity contribution in [2.24, 2.45) is 24.8 Å². The molecule has 0 radical (unpaired) electrons. The van der Waals surface area contributed by atoms with E-state index >= 15 is 0 Å². The smallest absolute Gasteiger partial charge is 0.307 e. The normalized spacial score (nSPS) is 25.6. The van der Waals surface area contributed by atoms with E-state index in [1.54, 1.807) is 17.9 Å². The molecule has 1 heterocycles. The molecule has 2 N–H and O–H groups in total. The summed E-state index contributed by atoms with van der Waals surface area (Å²) in [7, 11) is 1.80. The Kier molecular flexibility index (Phi) is 4.36. The van der Waals surface area contributed by atoms with Gasteiger partial charge in [-0.3, -0.25) is 9.59 Å². The number of amides is 1. The maximum atomic E-state index is 12.2. The summed E-state index contributed by atoms with van der Waals surface area (Å²) in [6.07, 6.45) is 3.72. The summed E-state index contributed by atoms with van der Waals surface area (Å²) in [6, 6.07) is 0. The van der Waals surface area contributed by atoms with Crippen LogP contribution in [0, 0.1) is 17.8 Å². The third kappa shape index (κ3) is 2.97. The number of carboxylic acids is 1. The minimum Gasteiger partial charge on any atom is -0.481 e. The Morgan fingerprint density at radius 3 is 2.70 bits per heavy atom. The molecule has 1 aliphatic rings. The van der Waals surface area contributed by atoms with Crippen LogP contribution in [0.3, 0.4) is 0 Å². The molecule has 7 nitrogen and oxygen atoms in total. The van der Waals surface area contributed by atoms with Gasteiger partial charge in [-0.2, -0.15) is 0 Å². The number of carbonyl (C=O) groups excluding carboxylic acids is 1.